The summed E-state index contributed by atoms with van der Waals surface area (Å²) < 4.78 is 20.6. The number of hydrogen-bond acceptors (Lipinski definition) is 6. The van der Waals surface area contributed by atoms with Crippen molar-refractivity contribution in [2.45, 2.75) is 18.1 Å². The number of carbonyl (C=O) groups excluding carboxylic acids is 2. The van der Waals surface area contributed by atoms with E-state index in [2.05, 4.69) is 10.2 Å². The van der Waals surface area contributed by atoms with Crippen LogP contribution in [0, 0.1) is 12.7 Å². The fourth-order valence-corrected chi connectivity index (χ4v) is 4.01. The molecular formula is C21H22FN5O3S. The lowest BCUT2D eigenvalue weighted by Gasteiger charge is -2.26. The molecule has 2 aromatic carbocycles. The average molecular weight is 444 g/mol. The molecule has 10 heteroatoms. The first-order valence-electron chi connectivity index (χ1n) is 9.31. The summed E-state index contributed by atoms with van der Waals surface area (Å²) in [6, 6.07) is 11.7. The van der Waals surface area contributed by atoms with Crippen LogP contribution < -0.4 is 10.5 Å². The predicted octanol–water partition coefficient (Wildman–Crippen LogP) is 2.50. The van der Waals surface area contributed by atoms with Crippen molar-refractivity contribution in [3.63, 3.8) is 0 Å². The Morgan fingerprint density at radius 3 is 2.55 bits per heavy atom. The second kappa shape index (κ2) is 9.61. The highest BCUT2D eigenvalue weighted by Gasteiger charge is 2.27. The number of nitrogens with two attached hydrogens (primary N) is 1. The van der Waals surface area contributed by atoms with Gasteiger partial charge in [-0.15, -0.1) is 10.2 Å². The summed E-state index contributed by atoms with van der Waals surface area (Å²) in [4.78, 5) is 26.0. The van der Waals surface area contributed by atoms with Gasteiger partial charge < -0.3 is 15.4 Å². The molecule has 1 atom stereocenters. The van der Waals surface area contributed by atoms with Gasteiger partial charge in [0.15, 0.2) is 5.16 Å². The third-order valence-electron chi connectivity index (χ3n) is 4.67. The number of amides is 2. The molecule has 1 unspecified atom stereocenters. The number of likely N-dealkylation sites (N-methyl/N-ethyl adjacent to an activating group) is 1. The van der Waals surface area contributed by atoms with E-state index < -0.39 is 17.8 Å². The number of hydrogen-bond donors (Lipinski definition) is 1. The molecule has 0 aliphatic heterocycles. The minimum Gasteiger partial charge on any atom is -0.497 e. The van der Waals surface area contributed by atoms with Crippen molar-refractivity contribution in [1.29, 1.82) is 0 Å². The zero-order chi connectivity index (χ0) is 22.5. The fraction of sp³-hybridized carbons (Fsp3) is 0.238. The highest BCUT2D eigenvalue weighted by molar-refractivity contribution is 7.99. The summed E-state index contributed by atoms with van der Waals surface area (Å²) in [5, 5.41) is 8.77. The number of halogens is 1. The second-order valence-electron chi connectivity index (χ2n) is 6.72. The largest absolute Gasteiger partial charge is 0.497 e. The van der Waals surface area contributed by atoms with E-state index in [-0.39, 0.29) is 11.7 Å². The Kier molecular flexibility index (Phi) is 6.91. The molecule has 1 aromatic heterocycles. The molecule has 0 saturated carbocycles. The van der Waals surface area contributed by atoms with E-state index in [1.807, 2.05) is 35.8 Å². The van der Waals surface area contributed by atoms with Gasteiger partial charge in [-0.25, -0.2) is 4.39 Å². The van der Waals surface area contributed by atoms with E-state index in [4.69, 9.17) is 10.5 Å². The molecule has 0 spiro atoms. The number of nitrogens with zero attached hydrogens (tertiary/aromatic N) is 4. The van der Waals surface area contributed by atoms with Crippen LogP contribution in [0.15, 0.2) is 53.7 Å². The van der Waals surface area contributed by atoms with Crippen LogP contribution in [0.2, 0.25) is 0 Å². The Morgan fingerprint density at radius 1 is 1.23 bits per heavy atom. The van der Waals surface area contributed by atoms with Crippen LogP contribution in [0.3, 0.4) is 0 Å². The van der Waals surface area contributed by atoms with Gasteiger partial charge in [0.05, 0.1) is 12.9 Å². The average Bonchev–Trinajstić information content (AvgIpc) is 3.12. The van der Waals surface area contributed by atoms with Crippen molar-refractivity contribution in [3.05, 3.63) is 65.7 Å². The van der Waals surface area contributed by atoms with Crippen LogP contribution in [-0.2, 0) is 9.59 Å². The number of ether oxygens (including phenoxy) is 1. The van der Waals surface area contributed by atoms with Gasteiger partial charge in [0.1, 0.15) is 23.4 Å². The Hall–Kier alpha value is -3.40. The first kappa shape index (κ1) is 22.3. The molecule has 8 nitrogen and oxygen atoms in total. The maximum Gasteiger partial charge on any atom is 0.244 e. The number of aromatic nitrogens is 3. The molecule has 31 heavy (non-hydrogen) atoms. The van der Waals surface area contributed by atoms with Gasteiger partial charge >= 0.3 is 0 Å². The van der Waals surface area contributed by atoms with Gasteiger partial charge in [0, 0.05) is 12.7 Å². The third-order valence-corrected chi connectivity index (χ3v) is 5.58. The summed E-state index contributed by atoms with van der Waals surface area (Å²) in [6.45, 7) is 1.81. The van der Waals surface area contributed by atoms with E-state index in [1.54, 1.807) is 13.2 Å². The van der Waals surface area contributed by atoms with Crippen molar-refractivity contribution in [1.82, 2.24) is 19.7 Å². The van der Waals surface area contributed by atoms with Gasteiger partial charge in [0.2, 0.25) is 11.8 Å². The topological polar surface area (TPSA) is 103 Å². The van der Waals surface area contributed by atoms with Gasteiger partial charge in [0.25, 0.3) is 0 Å². The van der Waals surface area contributed by atoms with E-state index in [1.165, 1.54) is 41.9 Å². The fourth-order valence-electron chi connectivity index (χ4n) is 3.09. The summed E-state index contributed by atoms with van der Waals surface area (Å²) in [5.41, 5.74) is 6.62. The first-order chi connectivity index (χ1) is 14.8. The van der Waals surface area contributed by atoms with Crippen molar-refractivity contribution in [2.75, 3.05) is 19.9 Å². The SMILES string of the molecule is COc1ccc(-n2c(C)nnc2SCC(=O)N(C)C(C(N)=O)c2cccc(F)c2)cc1. The van der Waals surface area contributed by atoms with E-state index in [0.717, 1.165) is 11.4 Å². The maximum absolute atomic E-state index is 13.6. The number of benzene rings is 2. The Morgan fingerprint density at radius 2 is 1.94 bits per heavy atom. The van der Waals surface area contributed by atoms with Crippen molar-refractivity contribution < 1.29 is 18.7 Å². The lowest BCUT2D eigenvalue weighted by atomic mass is 10.0. The Labute approximate surface area is 183 Å². The quantitative estimate of drug-likeness (QED) is 0.537. The van der Waals surface area contributed by atoms with Gasteiger partial charge in [-0.3, -0.25) is 14.2 Å². The van der Waals surface area contributed by atoms with Gasteiger partial charge in [-0.1, -0.05) is 23.9 Å². The minimum atomic E-state index is -1.08. The minimum absolute atomic E-state index is 0.0100. The Bertz CT molecular complexity index is 1090. The number of primary amides is 1. The second-order valence-corrected chi connectivity index (χ2v) is 7.66. The number of aryl methyl sites for hydroxylation is 1. The summed E-state index contributed by atoms with van der Waals surface area (Å²) in [6.07, 6.45) is 0. The number of methoxy groups -OCH3 is 1. The molecule has 3 aromatic rings. The number of rotatable bonds is 8. The molecule has 0 radical (unpaired) electrons. The molecule has 0 saturated heterocycles. The monoisotopic (exact) mass is 443 g/mol. The normalized spacial score (nSPS) is 11.7. The van der Waals surface area contributed by atoms with Crippen LogP contribution in [0.1, 0.15) is 17.4 Å². The van der Waals surface area contributed by atoms with Crippen LogP contribution in [-0.4, -0.2) is 51.4 Å². The first-order valence-corrected chi connectivity index (χ1v) is 10.3. The number of thioether (sulfide) groups is 1. The van der Waals surface area contributed by atoms with Crippen molar-refractivity contribution >= 4 is 23.6 Å². The standard InChI is InChI=1S/C21H22FN5O3S/c1-13-24-25-21(27(13)16-7-9-17(30-3)10-8-16)31-12-18(28)26(2)19(20(23)29)14-5-4-6-15(22)11-14/h4-11,19H,12H2,1-3H3,(H2,23,29). The van der Waals surface area contributed by atoms with Gasteiger partial charge in [-0.05, 0) is 48.9 Å². The molecule has 2 amide bonds. The van der Waals surface area contributed by atoms with Crippen LogP contribution in [0.25, 0.3) is 5.69 Å². The molecule has 2 N–H and O–H groups in total. The van der Waals surface area contributed by atoms with E-state index in [0.29, 0.717) is 16.5 Å². The highest BCUT2D eigenvalue weighted by atomic mass is 32.2. The summed E-state index contributed by atoms with van der Waals surface area (Å²) >= 11 is 1.18. The summed E-state index contributed by atoms with van der Waals surface area (Å²) in [7, 11) is 3.05. The van der Waals surface area contributed by atoms with Crippen molar-refractivity contribution in [2.24, 2.45) is 5.73 Å². The predicted molar refractivity (Wildman–Crippen MR) is 114 cm³/mol. The maximum atomic E-state index is 13.6. The van der Waals surface area contributed by atoms with Crippen LogP contribution in [0.4, 0.5) is 4.39 Å². The molecule has 0 aliphatic carbocycles. The smallest absolute Gasteiger partial charge is 0.244 e. The van der Waals surface area contributed by atoms with Gasteiger partial charge in [-0.2, -0.15) is 0 Å². The van der Waals surface area contributed by atoms with E-state index >= 15 is 0 Å². The zero-order valence-corrected chi connectivity index (χ0v) is 18.1. The molecule has 0 bridgehead atoms. The molecule has 1 heterocycles. The zero-order valence-electron chi connectivity index (χ0n) is 17.3. The highest BCUT2D eigenvalue weighted by Crippen LogP contribution is 2.25. The molecule has 0 aliphatic rings. The van der Waals surface area contributed by atoms with Crippen molar-refractivity contribution in [3.8, 4) is 11.4 Å². The molecule has 3 rings (SSSR count). The van der Waals surface area contributed by atoms with Crippen LogP contribution >= 0.6 is 11.8 Å². The lowest BCUT2D eigenvalue weighted by Crippen LogP contribution is -2.40. The molecule has 162 valence electrons. The molecular weight excluding hydrogens is 421 g/mol. The summed E-state index contributed by atoms with van der Waals surface area (Å²) in [5.74, 6) is -0.256. The van der Waals surface area contributed by atoms with E-state index in [9.17, 15) is 14.0 Å². The lowest BCUT2D eigenvalue weighted by molar-refractivity contribution is -0.136. The number of carbonyl (C=O) groups is 2. The Balaban J connectivity index is 1.76. The molecule has 0 fully saturated rings. The van der Waals surface area contributed by atoms with Crippen LogP contribution in [0.5, 0.6) is 5.75 Å². The third kappa shape index (κ3) is 5.02.